The number of hydrogen-bond acceptors (Lipinski definition) is 9. The number of nitrogens with two attached hydrogens (primary N) is 1. The SMILES string of the molecule is CCCCCCCCCC/C=C\CCCCCCCCCCCCCC(=O)OC(COC(=O)CCCCCCCCCCCCCCCCCCCCCCCCCC)COP(=O)(O)OCC(N)C(=O)O. The van der Waals surface area contributed by atoms with Crippen molar-refractivity contribution in [2.24, 2.45) is 5.73 Å². The van der Waals surface area contributed by atoms with E-state index in [9.17, 15) is 23.8 Å². The number of esters is 2. The van der Waals surface area contributed by atoms with Crippen molar-refractivity contribution in [1.82, 2.24) is 0 Å². The van der Waals surface area contributed by atoms with E-state index in [-0.39, 0.29) is 19.4 Å². The molecule has 0 saturated heterocycles. The zero-order chi connectivity index (χ0) is 52.0. The molecule has 420 valence electrons. The Balaban J connectivity index is 4.09. The predicted molar refractivity (Wildman–Crippen MR) is 296 cm³/mol. The summed E-state index contributed by atoms with van der Waals surface area (Å²) in [5.41, 5.74) is 5.37. The summed E-state index contributed by atoms with van der Waals surface area (Å²) in [7, 11) is -4.72. The van der Waals surface area contributed by atoms with Crippen LogP contribution in [0.4, 0.5) is 0 Å². The van der Waals surface area contributed by atoms with Gasteiger partial charge < -0.3 is 25.2 Å². The molecule has 4 N–H and O–H groups in total. The van der Waals surface area contributed by atoms with Crippen LogP contribution < -0.4 is 5.73 Å². The van der Waals surface area contributed by atoms with E-state index in [1.54, 1.807) is 0 Å². The van der Waals surface area contributed by atoms with Gasteiger partial charge >= 0.3 is 25.7 Å². The summed E-state index contributed by atoms with van der Waals surface area (Å²) >= 11 is 0. The molecule has 0 aliphatic heterocycles. The summed E-state index contributed by atoms with van der Waals surface area (Å²) in [4.78, 5) is 46.4. The van der Waals surface area contributed by atoms with Gasteiger partial charge in [-0.2, -0.15) is 0 Å². The average Bonchev–Trinajstić information content (AvgIpc) is 3.35. The second kappa shape index (κ2) is 54.5. The fourth-order valence-electron chi connectivity index (χ4n) is 9.07. The van der Waals surface area contributed by atoms with Gasteiger partial charge in [-0.3, -0.25) is 23.4 Å². The predicted octanol–water partition coefficient (Wildman–Crippen LogP) is 17.9. The van der Waals surface area contributed by atoms with Gasteiger partial charge in [0, 0.05) is 12.8 Å². The monoisotopic (exact) mass is 1030 g/mol. The van der Waals surface area contributed by atoms with E-state index in [4.69, 9.17) is 29.4 Å². The molecule has 0 fully saturated rings. The minimum Gasteiger partial charge on any atom is -0.480 e. The lowest BCUT2D eigenvalue weighted by molar-refractivity contribution is -0.161. The zero-order valence-electron chi connectivity index (χ0n) is 46.3. The molecule has 0 aromatic carbocycles. The normalized spacial score (nSPS) is 13.4. The summed E-state index contributed by atoms with van der Waals surface area (Å²) in [6.07, 6.45) is 61.5. The summed E-state index contributed by atoms with van der Waals surface area (Å²) < 4.78 is 33.0. The number of phosphoric acid groups is 1. The van der Waals surface area contributed by atoms with Crippen LogP contribution in [-0.4, -0.2) is 59.9 Å². The first-order valence-electron chi connectivity index (χ1n) is 30.2. The van der Waals surface area contributed by atoms with Crippen molar-refractivity contribution in [3.05, 3.63) is 12.2 Å². The van der Waals surface area contributed by atoms with Gasteiger partial charge in [-0.05, 0) is 38.5 Å². The number of hydrogen-bond donors (Lipinski definition) is 3. The minimum atomic E-state index is -4.72. The number of carbonyl (C=O) groups is 3. The van der Waals surface area contributed by atoms with E-state index in [1.807, 2.05) is 0 Å². The van der Waals surface area contributed by atoms with Crippen molar-refractivity contribution in [3.63, 3.8) is 0 Å². The van der Waals surface area contributed by atoms with Gasteiger partial charge in [0.2, 0.25) is 0 Å². The third-order valence-electron chi connectivity index (χ3n) is 13.8. The molecule has 0 aliphatic carbocycles. The molecule has 0 radical (unpaired) electrons. The van der Waals surface area contributed by atoms with Crippen molar-refractivity contribution < 1.29 is 47.5 Å². The maximum Gasteiger partial charge on any atom is 0.472 e. The lowest BCUT2D eigenvalue weighted by atomic mass is 10.0. The second-order valence-corrected chi connectivity index (χ2v) is 22.3. The molecule has 3 atom stereocenters. The van der Waals surface area contributed by atoms with Gasteiger partial charge in [0.25, 0.3) is 0 Å². The average molecular weight is 1030 g/mol. The molecule has 0 rings (SSSR count). The van der Waals surface area contributed by atoms with E-state index >= 15 is 0 Å². The molecule has 0 aromatic heterocycles. The number of unbranched alkanes of at least 4 members (excludes halogenated alkanes) is 42. The molecule has 0 bridgehead atoms. The van der Waals surface area contributed by atoms with Crippen LogP contribution in [0.15, 0.2) is 12.2 Å². The first-order valence-corrected chi connectivity index (χ1v) is 31.7. The molecular weight excluding hydrogens is 914 g/mol. The van der Waals surface area contributed by atoms with Crippen LogP contribution in [0.2, 0.25) is 0 Å². The number of ether oxygens (including phenoxy) is 2. The van der Waals surface area contributed by atoms with Crippen molar-refractivity contribution in [1.29, 1.82) is 0 Å². The second-order valence-electron chi connectivity index (χ2n) is 20.8. The van der Waals surface area contributed by atoms with Crippen LogP contribution in [0.1, 0.15) is 316 Å². The maximum atomic E-state index is 12.8. The molecule has 0 amide bonds. The molecule has 0 spiro atoms. The van der Waals surface area contributed by atoms with Gasteiger partial charge in [-0.15, -0.1) is 0 Å². The number of carboxylic acids is 1. The Morgan fingerprint density at radius 3 is 1.03 bits per heavy atom. The van der Waals surface area contributed by atoms with Crippen LogP contribution >= 0.6 is 7.82 Å². The highest BCUT2D eigenvalue weighted by molar-refractivity contribution is 7.47. The number of aliphatic carboxylic acids is 1. The first-order chi connectivity index (χ1) is 34.6. The Kier molecular flexibility index (Phi) is 53.1. The molecule has 0 aliphatic rings. The Labute approximate surface area is 437 Å². The molecule has 12 heteroatoms. The summed E-state index contributed by atoms with van der Waals surface area (Å²) in [6.45, 7) is 2.89. The van der Waals surface area contributed by atoms with E-state index < -0.39 is 51.1 Å². The molecule has 0 heterocycles. The Morgan fingerprint density at radius 1 is 0.423 bits per heavy atom. The van der Waals surface area contributed by atoms with Crippen molar-refractivity contribution in [3.8, 4) is 0 Å². The fourth-order valence-corrected chi connectivity index (χ4v) is 9.84. The highest BCUT2D eigenvalue weighted by Gasteiger charge is 2.28. The van der Waals surface area contributed by atoms with Gasteiger partial charge in [-0.1, -0.05) is 276 Å². The lowest BCUT2D eigenvalue weighted by Gasteiger charge is -2.20. The number of carboxylic acid groups (broad SMARTS) is 1. The highest BCUT2D eigenvalue weighted by atomic mass is 31.2. The molecule has 71 heavy (non-hydrogen) atoms. The number of allylic oxidation sites excluding steroid dienone is 2. The quantitative estimate of drug-likeness (QED) is 0.0229. The van der Waals surface area contributed by atoms with Crippen molar-refractivity contribution >= 4 is 25.7 Å². The number of rotatable bonds is 58. The number of carbonyl (C=O) groups excluding carboxylic acids is 2. The third kappa shape index (κ3) is 54.3. The molecule has 0 aromatic rings. The number of phosphoric ester groups is 1. The van der Waals surface area contributed by atoms with Gasteiger partial charge in [0.05, 0.1) is 13.2 Å². The van der Waals surface area contributed by atoms with Crippen LogP contribution in [0, 0.1) is 0 Å². The summed E-state index contributed by atoms with van der Waals surface area (Å²) in [5, 5.41) is 8.95. The largest absolute Gasteiger partial charge is 0.480 e. The van der Waals surface area contributed by atoms with Crippen LogP contribution in [-0.2, 0) is 37.5 Å². The maximum absolute atomic E-state index is 12.8. The lowest BCUT2D eigenvalue weighted by Crippen LogP contribution is -2.34. The Bertz CT molecular complexity index is 1250. The third-order valence-corrected chi connectivity index (χ3v) is 14.7. The van der Waals surface area contributed by atoms with E-state index in [0.29, 0.717) is 12.8 Å². The fraction of sp³-hybridized carbons (Fsp3) is 0.915. The van der Waals surface area contributed by atoms with Crippen LogP contribution in [0.25, 0.3) is 0 Å². The molecule has 0 saturated carbocycles. The van der Waals surface area contributed by atoms with Crippen LogP contribution in [0.3, 0.4) is 0 Å². The minimum absolute atomic E-state index is 0.166. The van der Waals surface area contributed by atoms with Crippen molar-refractivity contribution in [2.75, 3.05) is 19.8 Å². The zero-order valence-corrected chi connectivity index (χ0v) is 47.2. The first kappa shape index (κ1) is 69.2. The summed E-state index contributed by atoms with van der Waals surface area (Å²) in [5.74, 6) is -2.35. The molecule has 11 nitrogen and oxygen atoms in total. The summed E-state index contributed by atoms with van der Waals surface area (Å²) in [6, 6.07) is -1.52. The van der Waals surface area contributed by atoms with E-state index in [1.165, 1.54) is 238 Å². The van der Waals surface area contributed by atoms with Gasteiger partial charge in [0.1, 0.15) is 12.6 Å². The van der Waals surface area contributed by atoms with Gasteiger partial charge in [-0.25, -0.2) is 4.57 Å². The van der Waals surface area contributed by atoms with Crippen LogP contribution in [0.5, 0.6) is 0 Å². The van der Waals surface area contributed by atoms with E-state index in [0.717, 1.165) is 38.5 Å². The smallest absolute Gasteiger partial charge is 0.472 e. The van der Waals surface area contributed by atoms with Crippen molar-refractivity contribution in [2.45, 2.75) is 328 Å². The standard InChI is InChI=1S/C59H114NO10P/c1-3-5-7-9-11-13-15-17-19-21-23-25-27-29-30-32-34-36-38-40-42-44-46-48-50-57(61)67-52-55(53-68-71(65,66)69-54-56(60)59(63)64)70-58(62)51-49-47-45-43-41-39-37-35-33-31-28-26-24-22-20-18-16-14-12-10-8-6-4-2/h22,24,55-56H,3-21,23,25-54,60H2,1-2H3,(H,63,64)(H,65,66)/b24-22-. The Morgan fingerprint density at radius 2 is 0.704 bits per heavy atom. The van der Waals surface area contributed by atoms with E-state index in [2.05, 4.69) is 26.0 Å². The topological polar surface area (TPSA) is 172 Å². The molecular formula is C59H114NO10P. The highest BCUT2D eigenvalue weighted by Crippen LogP contribution is 2.43. The molecule has 3 unspecified atom stereocenters. The van der Waals surface area contributed by atoms with Gasteiger partial charge in [0.15, 0.2) is 6.10 Å². The Hall–Kier alpha value is -1.78.